The molecule has 1 rings (SSSR count). The average Bonchev–Trinajstić information content (AvgIpc) is 2.20. The summed E-state index contributed by atoms with van der Waals surface area (Å²) in [5, 5.41) is 0.262. The second-order valence-corrected chi connectivity index (χ2v) is 8.88. The summed E-state index contributed by atoms with van der Waals surface area (Å²) < 4.78 is 45.4. The van der Waals surface area contributed by atoms with Crippen molar-refractivity contribution in [3.63, 3.8) is 0 Å². The number of anilines is 1. The van der Waals surface area contributed by atoms with E-state index in [1.54, 1.807) is 18.2 Å². The third-order valence-corrected chi connectivity index (χ3v) is 5.40. The van der Waals surface area contributed by atoms with Crippen molar-refractivity contribution in [1.29, 1.82) is 0 Å². The molecule has 0 atom stereocenters. The van der Waals surface area contributed by atoms with Crippen molar-refractivity contribution >= 4 is 37.0 Å². The van der Waals surface area contributed by atoms with Crippen molar-refractivity contribution in [2.24, 2.45) is 0 Å². The molecule has 18 heavy (non-hydrogen) atoms. The zero-order chi connectivity index (χ0) is 14.0. The molecule has 0 heterocycles. The Morgan fingerprint density at radius 3 is 2.28 bits per heavy atom. The second kappa shape index (κ2) is 5.46. The Kier molecular flexibility index (Phi) is 4.63. The van der Waals surface area contributed by atoms with Crippen LogP contribution >= 0.6 is 11.6 Å². The van der Waals surface area contributed by atoms with E-state index in [0.29, 0.717) is 5.56 Å². The van der Waals surface area contributed by atoms with E-state index in [1.165, 1.54) is 0 Å². The van der Waals surface area contributed by atoms with E-state index in [-0.39, 0.29) is 16.5 Å². The van der Waals surface area contributed by atoms with Crippen molar-refractivity contribution in [2.75, 3.05) is 23.5 Å². The minimum Gasteiger partial charge on any atom is -0.398 e. The number of nitrogen functional groups attached to an aromatic ring is 1. The summed E-state index contributed by atoms with van der Waals surface area (Å²) in [5.41, 5.74) is 6.24. The molecule has 2 N–H and O–H groups in total. The van der Waals surface area contributed by atoms with Crippen LogP contribution in [0, 0.1) is 0 Å². The fourth-order valence-electron chi connectivity index (χ4n) is 1.30. The summed E-state index contributed by atoms with van der Waals surface area (Å²) >= 11 is 5.86. The molecule has 0 unspecified atom stereocenters. The third kappa shape index (κ3) is 4.83. The van der Waals surface area contributed by atoms with Gasteiger partial charge in [0, 0.05) is 22.5 Å². The lowest BCUT2D eigenvalue weighted by Gasteiger charge is -2.08. The number of hydrogen-bond donors (Lipinski definition) is 1. The molecule has 0 radical (unpaired) electrons. The van der Waals surface area contributed by atoms with Gasteiger partial charge in [0.1, 0.15) is 9.84 Å². The first-order chi connectivity index (χ1) is 8.11. The largest absolute Gasteiger partial charge is 0.398 e. The van der Waals surface area contributed by atoms with E-state index >= 15 is 0 Å². The normalized spacial score (nSPS) is 12.6. The lowest BCUT2D eigenvalue weighted by Crippen LogP contribution is -2.18. The van der Waals surface area contributed by atoms with Crippen LogP contribution in [-0.4, -0.2) is 34.6 Å². The van der Waals surface area contributed by atoms with Crippen LogP contribution in [0.3, 0.4) is 0 Å². The molecule has 0 amide bonds. The third-order valence-electron chi connectivity index (χ3n) is 2.28. The van der Waals surface area contributed by atoms with Crippen molar-refractivity contribution < 1.29 is 16.8 Å². The van der Waals surface area contributed by atoms with E-state index in [1.807, 2.05) is 0 Å². The second-order valence-electron chi connectivity index (χ2n) is 4.03. The lowest BCUT2D eigenvalue weighted by atomic mass is 10.2. The fraction of sp³-hybridized carbons (Fsp3) is 0.400. The van der Waals surface area contributed by atoms with E-state index in [4.69, 9.17) is 17.3 Å². The minimum absolute atomic E-state index is 0.262. The Labute approximate surface area is 112 Å². The minimum atomic E-state index is -3.56. The molecule has 0 saturated carbocycles. The monoisotopic (exact) mass is 311 g/mol. The smallest absolute Gasteiger partial charge is 0.155 e. The molecule has 0 aromatic heterocycles. The Morgan fingerprint density at radius 1 is 1.17 bits per heavy atom. The molecule has 5 nitrogen and oxygen atoms in total. The van der Waals surface area contributed by atoms with E-state index in [2.05, 4.69) is 0 Å². The molecular weight excluding hydrogens is 298 g/mol. The predicted octanol–water partition coefficient (Wildman–Crippen LogP) is 0.882. The maximum absolute atomic E-state index is 11.8. The summed E-state index contributed by atoms with van der Waals surface area (Å²) in [6.07, 6.45) is 0.992. The van der Waals surface area contributed by atoms with Crippen LogP contribution in [0.25, 0.3) is 0 Å². The van der Waals surface area contributed by atoms with Gasteiger partial charge in [0.15, 0.2) is 9.84 Å². The Hall–Kier alpha value is -0.790. The van der Waals surface area contributed by atoms with Gasteiger partial charge < -0.3 is 5.73 Å². The molecule has 8 heteroatoms. The Morgan fingerprint density at radius 2 is 1.78 bits per heavy atom. The number of hydrogen-bond acceptors (Lipinski definition) is 5. The Balaban J connectivity index is 2.90. The first-order valence-electron chi connectivity index (χ1n) is 5.02. The first-order valence-corrected chi connectivity index (χ1v) is 9.28. The molecule has 0 bridgehead atoms. The molecule has 0 aliphatic rings. The van der Waals surface area contributed by atoms with Crippen molar-refractivity contribution in [3.8, 4) is 0 Å². The average molecular weight is 312 g/mol. The van der Waals surface area contributed by atoms with E-state index in [9.17, 15) is 16.8 Å². The molecule has 0 fully saturated rings. The summed E-state index contributed by atoms with van der Waals surface area (Å²) in [4.78, 5) is 0. The van der Waals surface area contributed by atoms with Gasteiger partial charge in [-0.25, -0.2) is 16.8 Å². The maximum Gasteiger partial charge on any atom is 0.155 e. The number of halogens is 1. The first kappa shape index (κ1) is 15.3. The summed E-state index contributed by atoms with van der Waals surface area (Å²) in [6.45, 7) is 0. The maximum atomic E-state index is 11.8. The summed E-state index contributed by atoms with van der Waals surface area (Å²) in [5.74, 6) is -1.19. The zero-order valence-electron chi connectivity index (χ0n) is 9.76. The molecular formula is C10H14ClNO4S2. The zero-order valence-corrected chi connectivity index (χ0v) is 12.1. The van der Waals surface area contributed by atoms with Crippen molar-refractivity contribution in [3.05, 3.63) is 28.8 Å². The fourth-order valence-corrected chi connectivity index (χ4v) is 4.76. The van der Waals surface area contributed by atoms with Gasteiger partial charge in [0.25, 0.3) is 0 Å². The molecule has 1 aromatic rings. The van der Waals surface area contributed by atoms with Crippen LogP contribution in [0.15, 0.2) is 18.2 Å². The van der Waals surface area contributed by atoms with Gasteiger partial charge in [-0.05, 0) is 12.1 Å². The predicted molar refractivity (Wildman–Crippen MR) is 73.1 cm³/mol. The highest BCUT2D eigenvalue weighted by Gasteiger charge is 2.18. The molecule has 102 valence electrons. The molecule has 0 aliphatic heterocycles. The van der Waals surface area contributed by atoms with Crippen LogP contribution in [-0.2, 0) is 25.4 Å². The van der Waals surface area contributed by atoms with Gasteiger partial charge >= 0.3 is 0 Å². The van der Waals surface area contributed by atoms with Crippen LogP contribution in [0.1, 0.15) is 5.56 Å². The Bertz CT molecular complexity index is 618. The van der Waals surface area contributed by atoms with Gasteiger partial charge in [0.2, 0.25) is 0 Å². The molecule has 0 saturated heterocycles. The molecule has 0 aliphatic carbocycles. The van der Waals surface area contributed by atoms with Gasteiger partial charge in [0.05, 0.1) is 17.3 Å². The van der Waals surface area contributed by atoms with Crippen LogP contribution in [0.2, 0.25) is 5.02 Å². The number of sulfone groups is 2. The van der Waals surface area contributed by atoms with Gasteiger partial charge in [-0.15, -0.1) is 0 Å². The number of nitrogens with two attached hydrogens (primary N) is 1. The van der Waals surface area contributed by atoms with Crippen molar-refractivity contribution in [1.82, 2.24) is 0 Å². The van der Waals surface area contributed by atoms with E-state index in [0.717, 1.165) is 6.26 Å². The van der Waals surface area contributed by atoms with Crippen LogP contribution in [0.5, 0.6) is 0 Å². The molecule has 0 spiro atoms. The number of rotatable bonds is 5. The lowest BCUT2D eigenvalue weighted by molar-refractivity contribution is 0.589. The van der Waals surface area contributed by atoms with E-state index < -0.39 is 31.2 Å². The highest BCUT2D eigenvalue weighted by Crippen LogP contribution is 2.24. The van der Waals surface area contributed by atoms with Gasteiger partial charge in [-0.1, -0.05) is 17.7 Å². The summed E-state index contributed by atoms with van der Waals surface area (Å²) in [6, 6.07) is 4.71. The summed E-state index contributed by atoms with van der Waals surface area (Å²) in [7, 11) is -6.87. The highest BCUT2D eigenvalue weighted by atomic mass is 35.5. The number of benzene rings is 1. The van der Waals surface area contributed by atoms with Crippen LogP contribution < -0.4 is 5.73 Å². The standard InChI is InChI=1S/C10H14ClNO4S2/c1-17(13,14)5-6-18(15,16)7-8-9(11)3-2-4-10(8)12/h2-4H,5-7,12H2,1H3. The SMILES string of the molecule is CS(=O)(=O)CCS(=O)(=O)Cc1c(N)cccc1Cl. The highest BCUT2D eigenvalue weighted by molar-refractivity contribution is 7.94. The topological polar surface area (TPSA) is 94.3 Å². The van der Waals surface area contributed by atoms with Crippen LogP contribution in [0.4, 0.5) is 5.69 Å². The molecule has 1 aromatic carbocycles. The van der Waals surface area contributed by atoms with Gasteiger partial charge in [-0.2, -0.15) is 0 Å². The van der Waals surface area contributed by atoms with Crippen molar-refractivity contribution in [2.45, 2.75) is 5.75 Å². The quantitative estimate of drug-likeness (QED) is 0.815. The van der Waals surface area contributed by atoms with Gasteiger partial charge in [-0.3, -0.25) is 0 Å².